The van der Waals surface area contributed by atoms with E-state index in [1.807, 2.05) is 4.90 Å². The van der Waals surface area contributed by atoms with Crippen LogP contribution in [0.5, 0.6) is 0 Å². The minimum Gasteiger partial charge on any atom is -0.467 e. The third-order valence-electron chi connectivity index (χ3n) is 4.04. The maximum Gasteiger partial charge on any atom is 0.406 e. The SMILES string of the molecule is COC(=O)C(O)C1CCN(Cc2nccn2CC(F)(F)F)CC1. The molecule has 23 heavy (non-hydrogen) atoms. The zero-order valence-electron chi connectivity index (χ0n) is 12.8. The van der Waals surface area contributed by atoms with Crippen molar-refractivity contribution in [2.75, 3.05) is 20.2 Å². The Morgan fingerprint density at radius 3 is 2.70 bits per heavy atom. The molecule has 0 radical (unpaired) electrons. The molecular formula is C14H20F3N3O3. The van der Waals surface area contributed by atoms with Gasteiger partial charge in [0.1, 0.15) is 12.4 Å². The van der Waals surface area contributed by atoms with E-state index in [1.165, 1.54) is 19.5 Å². The number of aliphatic hydroxyl groups is 1. The molecule has 0 spiro atoms. The number of methoxy groups -OCH3 is 1. The molecule has 1 fully saturated rings. The van der Waals surface area contributed by atoms with E-state index in [0.29, 0.717) is 38.3 Å². The van der Waals surface area contributed by atoms with Crippen molar-refractivity contribution in [2.45, 2.75) is 38.2 Å². The van der Waals surface area contributed by atoms with E-state index < -0.39 is 24.8 Å². The van der Waals surface area contributed by atoms with Crippen molar-refractivity contribution in [3.63, 3.8) is 0 Å². The molecule has 6 nitrogen and oxygen atoms in total. The molecule has 0 bridgehead atoms. The van der Waals surface area contributed by atoms with Crippen LogP contribution in [-0.4, -0.2) is 58.0 Å². The Hall–Kier alpha value is -1.61. The van der Waals surface area contributed by atoms with Crippen molar-refractivity contribution < 1.29 is 27.8 Å². The number of piperidine rings is 1. The smallest absolute Gasteiger partial charge is 0.406 e. The lowest BCUT2D eigenvalue weighted by atomic mass is 9.91. The monoisotopic (exact) mass is 335 g/mol. The van der Waals surface area contributed by atoms with Crippen LogP contribution in [0.4, 0.5) is 13.2 Å². The minimum atomic E-state index is -4.28. The van der Waals surface area contributed by atoms with Gasteiger partial charge in [-0.15, -0.1) is 0 Å². The Morgan fingerprint density at radius 2 is 2.13 bits per heavy atom. The van der Waals surface area contributed by atoms with Gasteiger partial charge in [-0.05, 0) is 31.8 Å². The lowest BCUT2D eigenvalue weighted by Crippen LogP contribution is -2.41. The second-order valence-corrected chi connectivity index (χ2v) is 5.67. The zero-order chi connectivity index (χ0) is 17.0. The van der Waals surface area contributed by atoms with Gasteiger partial charge < -0.3 is 14.4 Å². The largest absolute Gasteiger partial charge is 0.467 e. The maximum atomic E-state index is 12.5. The van der Waals surface area contributed by atoms with Crippen LogP contribution in [-0.2, 0) is 22.6 Å². The molecule has 1 aliphatic heterocycles. The molecule has 130 valence electrons. The number of likely N-dealkylation sites (tertiary alicyclic amines) is 1. The van der Waals surface area contributed by atoms with Crippen LogP contribution >= 0.6 is 0 Å². The minimum absolute atomic E-state index is 0.186. The van der Waals surface area contributed by atoms with E-state index in [4.69, 9.17) is 0 Å². The third kappa shape index (κ3) is 4.93. The van der Waals surface area contributed by atoms with Gasteiger partial charge in [-0.3, -0.25) is 4.90 Å². The molecule has 2 rings (SSSR count). The number of ether oxygens (including phenoxy) is 1. The van der Waals surface area contributed by atoms with E-state index >= 15 is 0 Å². The summed E-state index contributed by atoms with van der Waals surface area (Å²) in [5.41, 5.74) is 0. The van der Waals surface area contributed by atoms with Gasteiger partial charge in [0, 0.05) is 12.4 Å². The number of hydrogen-bond donors (Lipinski definition) is 1. The molecule has 0 aromatic carbocycles. The van der Waals surface area contributed by atoms with Crippen molar-refractivity contribution >= 4 is 5.97 Å². The Labute approximate surface area is 131 Å². The first-order valence-electron chi connectivity index (χ1n) is 7.35. The number of alkyl halides is 3. The molecule has 1 aromatic heterocycles. The molecule has 0 saturated carbocycles. The summed E-state index contributed by atoms with van der Waals surface area (Å²) < 4.78 is 43.1. The predicted molar refractivity (Wildman–Crippen MR) is 74.3 cm³/mol. The third-order valence-corrected chi connectivity index (χ3v) is 4.04. The standard InChI is InChI=1S/C14H20F3N3O3/c1-23-13(22)12(21)10-2-5-19(6-3-10)8-11-18-4-7-20(11)9-14(15,16)17/h4,7,10,12,21H,2-3,5-6,8-9H2,1H3. The zero-order valence-corrected chi connectivity index (χ0v) is 12.8. The molecule has 9 heteroatoms. The number of imidazole rings is 1. The van der Waals surface area contributed by atoms with Crippen LogP contribution in [0.2, 0.25) is 0 Å². The Balaban J connectivity index is 1.88. The van der Waals surface area contributed by atoms with Crippen molar-refractivity contribution in [1.82, 2.24) is 14.5 Å². The van der Waals surface area contributed by atoms with Gasteiger partial charge in [-0.25, -0.2) is 9.78 Å². The number of nitrogens with zero attached hydrogens (tertiary/aromatic N) is 3. The highest BCUT2D eigenvalue weighted by Gasteiger charge is 2.32. The molecular weight excluding hydrogens is 315 g/mol. The van der Waals surface area contributed by atoms with Gasteiger partial charge in [0.15, 0.2) is 6.10 Å². The van der Waals surface area contributed by atoms with Crippen LogP contribution in [0, 0.1) is 5.92 Å². The van der Waals surface area contributed by atoms with Crippen molar-refractivity contribution in [3.8, 4) is 0 Å². The summed E-state index contributed by atoms with van der Waals surface area (Å²) in [5.74, 6) is -0.480. The molecule has 0 aliphatic carbocycles. The summed E-state index contributed by atoms with van der Waals surface area (Å²) in [5, 5.41) is 9.82. The average molecular weight is 335 g/mol. The fraction of sp³-hybridized carbons (Fsp3) is 0.714. The van der Waals surface area contributed by atoms with Crippen LogP contribution in [0.15, 0.2) is 12.4 Å². The number of aliphatic hydroxyl groups excluding tert-OH is 1. The first kappa shape index (κ1) is 17.7. The van der Waals surface area contributed by atoms with E-state index in [1.54, 1.807) is 0 Å². The summed E-state index contributed by atoms with van der Waals surface area (Å²) in [6.45, 7) is 0.416. The summed E-state index contributed by atoms with van der Waals surface area (Å²) in [7, 11) is 1.22. The van der Waals surface area contributed by atoms with E-state index in [2.05, 4.69) is 9.72 Å². The highest BCUT2D eigenvalue weighted by atomic mass is 19.4. The summed E-state index contributed by atoms with van der Waals surface area (Å²) >= 11 is 0. The van der Waals surface area contributed by atoms with Crippen LogP contribution in [0.1, 0.15) is 18.7 Å². The van der Waals surface area contributed by atoms with Crippen LogP contribution in [0.25, 0.3) is 0 Å². The molecule has 1 atom stereocenters. The molecule has 1 aromatic rings. The Bertz CT molecular complexity index is 525. The highest BCUT2D eigenvalue weighted by Crippen LogP contribution is 2.23. The van der Waals surface area contributed by atoms with Gasteiger partial charge in [-0.1, -0.05) is 0 Å². The number of aromatic nitrogens is 2. The van der Waals surface area contributed by atoms with Crippen molar-refractivity contribution in [3.05, 3.63) is 18.2 Å². The number of hydrogen-bond acceptors (Lipinski definition) is 5. The first-order chi connectivity index (χ1) is 10.8. The average Bonchev–Trinajstić information content (AvgIpc) is 2.91. The second kappa shape index (κ2) is 7.31. The number of carbonyl (C=O) groups is 1. The van der Waals surface area contributed by atoms with Gasteiger partial charge in [0.2, 0.25) is 0 Å². The molecule has 0 amide bonds. The summed E-state index contributed by atoms with van der Waals surface area (Å²) in [4.78, 5) is 17.3. The van der Waals surface area contributed by atoms with Crippen molar-refractivity contribution in [1.29, 1.82) is 0 Å². The number of halogens is 3. The van der Waals surface area contributed by atoms with E-state index in [0.717, 1.165) is 4.57 Å². The molecule has 2 heterocycles. The maximum absolute atomic E-state index is 12.5. The number of esters is 1. The predicted octanol–water partition coefficient (Wildman–Crippen LogP) is 1.19. The quantitative estimate of drug-likeness (QED) is 0.819. The van der Waals surface area contributed by atoms with E-state index in [-0.39, 0.29) is 5.92 Å². The van der Waals surface area contributed by atoms with Crippen molar-refractivity contribution in [2.24, 2.45) is 5.92 Å². The molecule has 1 saturated heterocycles. The molecule has 1 unspecified atom stereocenters. The van der Waals surface area contributed by atoms with Gasteiger partial charge in [0.05, 0.1) is 13.7 Å². The number of rotatable bonds is 5. The highest BCUT2D eigenvalue weighted by molar-refractivity contribution is 5.74. The molecule has 1 aliphatic rings. The van der Waals surface area contributed by atoms with Gasteiger partial charge in [-0.2, -0.15) is 13.2 Å². The van der Waals surface area contributed by atoms with E-state index in [9.17, 15) is 23.1 Å². The van der Waals surface area contributed by atoms with Gasteiger partial charge in [0.25, 0.3) is 0 Å². The summed E-state index contributed by atoms with van der Waals surface area (Å²) in [6.07, 6.45) is -1.60. The molecule has 1 N–H and O–H groups in total. The summed E-state index contributed by atoms with van der Waals surface area (Å²) in [6, 6.07) is 0. The van der Waals surface area contributed by atoms with Crippen LogP contribution < -0.4 is 0 Å². The second-order valence-electron chi connectivity index (χ2n) is 5.67. The fourth-order valence-corrected chi connectivity index (χ4v) is 2.77. The number of carbonyl (C=O) groups excluding carboxylic acids is 1. The Morgan fingerprint density at radius 1 is 1.48 bits per heavy atom. The topological polar surface area (TPSA) is 67.6 Å². The van der Waals surface area contributed by atoms with Crippen LogP contribution in [0.3, 0.4) is 0 Å². The normalized spacial score (nSPS) is 18.8. The van der Waals surface area contributed by atoms with Gasteiger partial charge >= 0.3 is 12.1 Å². The first-order valence-corrected chi connectivity index (χ1v) is 7.35. The Kier molecular flexibility index (Phi) is 5.64. The fourth-order valence-electron chi connectivity index (χ4n) is 2.77. The lowest BCUT2D eigenvalue weighted by Gasteiger charge is -2.33. The lowest BCUT2D eigenvalue weighted by molar-refractivity contribution is -0.154.